The van der Waals surface area contributed by atoms with Crippen LogP contribution < -0.4 is 10.1 Å². The molecule has 0 atom stereocenters. The largest absolute Gasteiger partial charge is 0.494 e. The van der Waals surface area contributed by atoms with Crippen LogP contribution in [0.15, 0.2) is 30.6 Å². The molecule has 0 aliphatic rings. The van der Waals surface area contributed by atoms with Crippen molar-refractivity contribution in [3.63, 3.8) is 0 Å². The molecule has 2 rings (SSSR count). The Kier molecular flexibility index (Phi) is 5.69. The molecular weight excluding hydrogens is 270 g/mol. The molecule has 0 aliphatic heterocycles. The first-order valence-electron chi connectivity index (χ1n) is 6.91. The molecule has 1 aromatic heterocycles. The number of tetrazole rings is 1. The van der Waals surface area contributed by atoms with Crippen molar-refractivity contribution >= 4 is 5.91 Å². The van der Waals surface area contributed by atoms with Crippen LogP contribution in [0.1, 0.15) is 18.4 Å². The number of unbranched alkanes of at least 4 members (excludes halogenated alkanes) is 1. The van der Waals surface area contributed by atoms with Crippen LogP contribution in [-0.2, 0) is 11.3 Å². The molecule has 1 amide bonds. The highest BCUT2D eigenvalue weighted by atomic mass is 16.5. The lowest BCUT2D eigenvalue weighted by atomic mass is 10.2. The van der Waals surface area contributed by atoms with Gasteiger partial charge in [-0.25, -0.2) is 4.68 Å². The Hall–Kier alpha value is -2.44. The number of carbonyl (C=O) groups excluding carboxylic acids is 1. The molecule has 0 saturated carbocycles. The Morgan fingerprint density at radius 3 is 2.81 bits per heavy atom. The Morgan fingerprint density at radius 2 is 2.10 bits per heavy atom. The lowest BCUT2D eigenvalue weighted by Crippen LogP contribution is -2.28. The van der Waals surface area contributed by atoms with Gasteiger partial charge in [-0.15, -0.1) is 5.10 Å². The number of hydrogen-bond acceptors (Lipinski definition) is 5. The molecule has 0 saturated heterocycles. The maximum Gasteiger partial charge on any atom is 0.241 e. The minimum atomic E-state index is -0.0956. The van der Waals surface area contributed by atoms with Gasteiger partial charge in [0.15, 0.2) is 0 Å². The van der Waals surface area contributed by atoms with Crippen LogP contribution in [0.3, 0.4) is 0 Å². The Balaban J connectivity index is 1.52. The molecular formula is C14H19N5O2. The van der Waals surface area contributed by atoms with E-state index in [2.05, 4.69) is 20.8 Å². The third kappa shape index (κ3) is 5.60. The Morgan fingerprint density at radius 1 is 1.29 bits per heavy atom. The summed E-state index contributed by atoms with van der Waals surface area (Å²) < 4.78 is 6.99. The predicted molar refractivity (Wildman–Crippen MR) is 76.7 cm³/mol. The predicted octanol–water partition coefficient (Wildman–Crippen LogP) is 0.957. The van der Waals surface area contributed by atoms with E-state index >= 15 is 0 Å². The Bertz CT molecular complexity index is 539. The normalized spacial score (nSPS) is 10.3. The Labute approximate surface area is 123 Å². The molecule has 7 heteroatoms. The zero-order chi connectivity index (χ0) is 14.9. The van der Waals surface area contributed by atoms with E-state index in [9.17, 15) is 4.79 Å². The fourth-order valence-electron chi connectivity index (χ4n) is 1.74. The smallest absolute Gasteiger partial charge is 0.241 e. The lowest BCUT2D eigenvalue weighted by molar-refractivity contribution is -0.121. The van der Waals surface area contributed by atoms with E-state index in [4.69, 9.17) is 4.74 Å². The standard InChI is InChI=1S/C14H19N5O2/c1-12-4-6-13(7-5-12)21-9-3-2-8-15-14(20)10-19-11-16-17-18-19/h4-7,11H,2-3,8-10H2,1H3,(H,15,20). The van der Waals surface area contributed by atoms with Gasteiger partial charge in [0, 0.05) is 6.54 Å². The van der Waals surface area contributed by atoms with Gasteiger partial charge in [-0.1, -0.05) is 17.7 Å². The number of ether oxygens (including phenoxy) is 1. The monoisotopic (exact) mass is 289 g/mol. The van der Waals surface area contributed by atoms with E-state index in [1.54, 1.807) is 0 Å². The van der Waals surface area contributed by atoms with Crippen molar-refractivity contribution in [2.45, 2.75) is 26.3 Å². The summed E-state index contributed by atoms with van der Waals surface area (Å²) in [5.74, 6) is 0.782. The van der Waals surface area contributed by atoms with Crippen molar-refractivity contribution in [1.29, 1.82) is 0 Å². The lowest BCUT2D eigenvalue weighted by Gasteiger charge is -2.07. The summed E-state index contributed by atoms with van der Waals surface area (Å²) in [4.78, 5) is 11.5. The van der Waals surface area contributed by atoms with Crippen molar-refractivity contribution in [2.24, 2.45) is 0 Å². The van der Waals surface area contributed by atoms with E-state index in [-0.39, 0.29) is 12.5 Å². The van der Waals surface area contributed by atoms with Crippen LogP contribution in [0.2, 0.25) is 0 Å². The first-order chi connectivity index (χ1) is 10.2. The molecule has 2 aromatic rings. The van der Waals surface area contributed by atoms with Crippen molar-refractivity contribution < 1.29 is 9.53 Å². The van der Waals surface area contributed by atoms with Gasteiger partial charge >= 0.3 is 0 Å². The second-order valence-electron chi connectivity index (χ2n) is 4.73. The molecule has 0 spiro atoms. The molecule has 7 nitrogen and oxygen atoms in total. The number of nitrogens with zero attached hydrogens (tertiary/aromatic N) is 4. The third-order valence-electron chi connectivity index (χ3n) is 2.88. The van der Waals surface area contributed by atoms with Gasteiger partial charge in [0.1, 0.15) is 18.6 Å². The van der Waals surface area contributed by atoms with Gasteiger partial charge in [0.25, 0.3) is 0 Å². The van der Waals surface area contributed by atoms with Crippen LogP contribution in [0.4, 0.5) is 0 Å². The maximum absolute atomic E-state index is 11.5. The van der Waals surface area contributed by atoms with Gasteiger partial charge in [0.05, 0.1) is 6.61 Å². The topological polar surface area (TPSA) is 81.9 Å². The first-order valence-corrected chi connectivity index (χ1v) is 6.91. The van der Waals surface area contributed by atoms with Gasteiger partial charge in [0.2, 0.25) is 5.91 Å². The average Bonchev–Trinajstić information content (AvgIpc) is 2.97. The summed E-state index contributed by atoms with van der Waals surface area (Å²) in [5, 5.41) is 13.4. The SMILES string of the molecule is Cc1ccc(OCCCCNC(=O)Cn2cnnn2)cc1. The highest BCUT2D eigenvalue weighted by Gasteiger charge is 2.02. The third-order valence-corrected chi connectivity index (χ3v) is 2.88. The van der Waals surface area contributed by atoms with Crippen LogP contribution in [0, 0.1) is 6.92 Å². The van der Waals surface area contributed by atoms with Crippen molar-refractivity contribution in [3.8, 4) is 5.75 Å². The molecule has 1 aromatic carbocycles. The number of rotatable bonds is 8. The van der Waals surface area contributed by atoms with Gasteiger partial charge in [-0.05, 0) is 42.3 Å². The maximum atomic E-state index is 11.5. The number of benzene rings is 1. The molecule has 0 bridgehead atoms. The van der Waals surface area contributed by atoms with E-state index in [0.717, 1.165) is 18.6 Å². The fraction of sp³-hybridized carbons (Fsp3) is 0.429. The molecule has 1 N–H and O–H groups in total. The molecule has 0 radical (unpaired) electrons. The summed E-state index contributed by atoms with van der Waals surface area (Å²) in [7, 11) is 0. The highest BCUT2D eigenvalue weighted by molar-refractivity contribution is 5.75. The summed E-state index contributed by atoms with van der Waals surface area (Å²) in [6.45, 7) is 3.46. The number of nitrogens with one attached hydrogen (secondary N) is 1. The van der Waals surface area contributed by atoms with Crippen LogP contribution >= 0.6 is 0 Å². The first kappa shape index (κ1) is 15.0. The summed E-state index contributed by atoms with van der Waals surface area (Å²) in [5.41, 5.74) is 1.22. The molecule has 21 heavy (non-hydrogen) atoms. The molecule has 0 aliphatic carbocycles. The van der Waals surface area contributed by atoms with Crippen molar-refractivity contribution in [2.75, 3.05) is 13.2 Å². The molecule has 1 heterocycles. The number of aryl methyl sites for hydroxylation is 1. The molecule has 0 fully saturated rings. The van der Waals surface area contributed by atoms with Crippen LogP contribution in [-0.4, -0.2) is 39.3 Å². The van der Waals surface area contributed by atoms with Crippen molar-refractivity contribution in [1.82, 2.24) is 25.5 Å². The number of carbonyl (C=O) groups is 1. The summed E-state index contributed by atoms with van der Waals surface area (Å²) in [6.07, 6.45) is 3.17. The zero-order valence-electron chi connectivity index (χ0n) is 12.0. The second kappa shape index (κ2) is 7.98. The minimum Gasteiger partial charge on any atom is -0.494 e. The number of hydrogen-bond donors (Lipinski definition) is 1. The van der Waals surface area contributed by atoms with Gasteiger partial charge in [-0.3, -0.25) is 4.79 Å². The second-order valence-corrected chi connectivity index (χ2v) is 4.73. The van der Waals surface area contributed by atoms with E-state index in [1.807, 2.05) is 31.2 Å². The molecule has 112 valence electrons. The fourth-order valence-corrected chi connectivity index (χ4v) is 1.74. The van der Waals surface area contributed by atoms with E-state index in [1.165, 1.54) is 16.6 Å². The zero-order valence-corrected chi connectivity index (χ0v) is 12.0. The highest BCUT2D eigenvalue weighted by Crippen LogP contribution is 2.11. The van der Waals surface area contributed by atoms with E-state index < -0.39 is 0 Å². The number of aromatic nitrogens is 4. The van der Waals surface area contributed by atoms with Crippen LogP contribution in [0.25, 0.3) is 0 Å². The van der Waals surface area contributed by atoms with Crippen LogP contribution in [0.5, 0.6) is 5.75 Å². The molecule has 0 unspecified atom stereocenters. The number of amides is 1. The summed E-state index contributed by atoms with van der Waals surface area (Å²) in [6, 6.07) is 7.97. The van der Waals surface area contributed by atoms with Gasteiger partial charge < -0.3 is 10.1 Å². The van der Waals surface area contributed by atoms with Crippen molar-refractivity contribution in [3.05, 3.63) is 36.2 Å². The average molecular weight is 289 g/mol. The minimum absolute atomic E-state index is 0.0956. The van der Waals surface area contributed by atoms with Gasteiger partial charge in [-0.2, -0.15) is 0 Å². The quantitative estimate of drug-likeness (QED) is 0.732. The van der Waals surface area contributed by atoms with E-state index in [0.29, 0.717) is 13.2 Å². The summed E-state index contributed by atoms with van der Waals surface area (Å²) >= 11 is 0.